The van der Waals surface area contributed by atoms with Gasteiger partial charge in [0.15, 0.2) is 0 Å². The third kappa shape index (κ3) is 5.61. The summed E-state index contributed by atoms with van der Waals surface area (Å²) in [5, 5.41) is 4.40. The maximum Gasteiger partial charge on any atom is 0.317 e. The summed E-state index contributed by atoms with van der Waals surface area (Å²) in [6.45, 7) is 13.3. The lowest BCUT2D eigenvalue weighted by atomic mass is 9.91. The number of thiophene rings is 1. The van der Waals surface area contributed by atoms with Crippen molar-refractivity contribution in [1.29, 1.82) is 0 Å². The third-order valence-electron chi connectivity index (χ3n) is 4.94. The molecule has 1 heterocycles. The van der Waals surface area contributed by atoms with Crippen LogP contribution in [-0.4, -0.2) is 29.6 Å². The van der Waals surface area contributed by atoms with E-state index < -0.39 is 0 Å². The minimum absolute atomic E-state index is 0.00482. The van der Waals surface area contributed by atoms with Crippen molar-refractivity contribution >= 4 is 39.1 Å². The summed E-state index contributed by atoms with van der Waals surface area (Å²) < 4.78 is 2.06. The highest BCUT2D eigenvalue weighted by atomic mass is 35.5. The van der Waals surface area contributed by atoms with Crippen molar-refractivity contribution in [2.45, 2.75) is 72.4 Å². The van der Waals surface area contributed by atoms with Gasteiger partial charge in [0.1, 0.15) is 0 Å². The Balaban J connectivity index is 2.24. The molecule has 1 N–H and O–H groups in total. The van der Waals surface area contributed by atoms with E-state index in [0.717, 1.165) is 17.2 Å². The molecule has 2 amide bonds. The lowest BCUT2D eigenvalue weighted by Crippen LogP contribution is -2.48. The molecule has 0 spiro atoms. The molecule has 2 rings (SSSR count). The van der Waals surface area contributed by atoms with E-state index in [2.05, 4.69) is 65.1 Å². The first-order chi connectivity index (χ1) is 12.7. The van der Waals surface area contributed by atoms with Crippen molar-refractivity contribution in [1.82, 2.24) is 10.2 Å². The van der Waals surface area contributed by atoms with Crippen LogP contribution >= 0.6 is 22.9 Å². The first-order valence-electron chi connectivity index (χ1n) is 9.95. The van der Waals surface area contributed by atoms with Gasteiger partial charge in [-0.05, 0) is 57.0 Å². The number of urea groups is 1. The number of carbonyl (C=O) groups excluding carboxylic acids is 1. The number of rotatable bonds is 8. The first-order valence-corrected chi connectivity index (χ1v) is 11.1. The minimum atomic E-state index is 0.00482. The van der Waals surface area contributed by atoms with Gasteiger partial charge in [-0.1, -0.05) is 50.1 Å². The van der Waals surface area contributed by atoms with Crippen LogP contribution in [0, 0.1) is 5.92 Å². The molecule has 27 heavy (non-hydrogen) atoms. The standard InChI is InChI=1S/C22H33ClN2OS/c1-14(2)11-12-17(13-24-22(26)25(15(3)4)16(5)6)20-18-9-7-8-10-19(18)27-21(20)23/h7-10,14-17H,11-13H2,1-6H3,(H,24,26). The van der Waals surface area contributed by atoms with Crippen molar-refractivity contribution in [2.75, 3.05) is 6.54 Å². The number of nitrogens with zero attached hydrogens (tertiary/aromatic N) is 1. The van der Waals surface area contributed by atoms with Gasteiger partial charge >= 0.3 is 6.03 Å². The molecule has 0 aliphatic heterocycles. The van der Waals surface area contributed by atoms with Gasteiger partial charge < -0.3 is 10.2 Å². The highest BCUT2D eigenvalue weighted by molar-refractivity contribution is 7.22. The Labute approximate surface area is 173 Å². The summed E-state index contributed by atoms with van der Waals surface area (Å²) in [5.74, 6) is 0.843. The average molecular weight is 409 g/mol. The van der Waals surface area contributed by atoms with Crippen LogP contribution in [0.3, 0.4) is 0 Å². The van der Waals surface area contributed by atoms with Gasteiger partial charge in [0.05, 0.1) is 4.34 Å². The molecule has 150 valence electrons. The normalized spacial score (nSPS) is 13.0. The molecule has 1 aromatic carbocycles. The number of hydrogen-bond acceptors (Lipinski definition) is 2. The number of fused-ring (bicyclic) bond motifs is 1. The van der Waals surface area contributed by atoms with E-state index in [1.165, 1.54) is 15.6 Å². The lowest BCUT2D eigenvalue weighted by Gasteiger charge is -2.31. The fourth-order valence-corrected chi connectivity index (χ4v) is 5.19. The van der Waals surface area contributed by atoms with Crippen molar-refractivity contribution < 1.29 is 4.79 Å². The molecule has 0 saturated heterocycles. The van der Waals surface area contributed by atoms with Crippen LogP contribution in [0.25, 0.3) is 10.1 Å². The molecule has 0 bridgehead atoms. The van der Waals surface area contributed by atoms with Gasteiger partial charge in [-0.15, -0.1) is 11.3 Å². The Morgan fingerprint density at radius 1 is 1.07 bits per heavy atom. The van der Waals surface area contributed by atoms with Crippen LogP contribution in [0.5, 0.6) is 0 Å². The molecule has 0 aliphatic carbocycles. The van der Waals surface area contributed by atoms with E-state index >= 15 is 0 Å². The predicted molar refractivity (Wildman–Crippen MR) is 119 cm³/mol. The monoisotopic (exact) mass is 408 g/mol. The second-order valence-electron chi connectivity index (χ2n) is 8.23. The number of benzene rings is 1. The van der Waals surface area contributed by atoms with Crippen molar-refractivity contribution in [3.63, 3.8) is 0 Å². The van der Waals surface area contributed by atoms with E-state index in [0.29, 0.717) is 12.5 Å². The van der Waals surface area contributed by atoms with Crippen LogP contribution in [-0.2, 0) is 0 Å². The van der Waals surface area contributed by atoms with Crippen LogP contribution in [0.4, 0.5) is 4.79 Å². The van der Waals surface area contributed by atoms with Gasteiger partial charge in [0.25, 0.3) is 0 Å². The van der Waals surface area contributed by atoms with Gasteiger partial charge in [-0.3, -0.25) is 0 Å². The predicted octanol–water partition coefficient (Wildman–Crippen LogP) is 6.90. The molecule has 1 aromatic heterocycles. The van der Waals surface area contributed by atoms with E-state index in [9.17, 15) is 4.79 Å². The summed E-state index contributed by atoms with van der Waals surface area (Å²) in [5.41, 5.74) is 1.19. The molecule has 2 aromatic rings. The topological polar surface area (TPSA) is 32.3 Å². The van der Waals surface area contributed by atoms with E-state index in [1.807, 2.05) is 11.0 Å². The van der Waals surface area contributed by atoms with Crippen molar-refractivity contribution in [3.8, 4) is 0 Å². The zero-order valence-corrected chi connectivity index (χ0v) is 19.0. The molecule has 0 radical (unpaired) electrons. The zero-order valence-electron chi connectivity index (χ0n) is 17.4. The molecular weight excluding hydrogens is 376 g/mol. The van der Waals surface area contributed by atoms with Crippen LogP contribution in [0.15, 0.2) is 24.3 Å². The third-order valence-corrected chi connectivity index (χ3v) is 6.35. The second-order valence-corrected chi connectivity index (χ2v) is 9.89. The van der Waals surface area contributed by atoms with Gasteiger partial charge in [0.2, 0.25) is 0 Å². The number of halogens is 1. The maximum atomic E-state index is 12.8. The molecule has 1 unspecified atom stereocenters. The Bertz CT molecular complexity index is 746. The van der Waals surface area contributed by atoms with E-state index in [1.54, 1.807) is 11.3 Å². The minimum Gasteiger partial charge on any atom is -0.337 e. The molecule has 0 saturated carbocycles. The summed E-state index contributed by atoms with van der Waals surface area (Å²) in [4.78, 5) is 14.7. The molecule has 1 atom stereocenters. The van der Waals surface area contributed by atoms with E-state index in [4.69, 9.17) is 11.6 Å². The van der Waals surface area contributed by atoms with Crippen molar-refractivity contribution in [2.24, 2.45) is 5.92 Å². The fourth-order valence-electron chi connectivity index (χ4n) is 3.67. The summed E-state index contributed by atoms with van der Waals surface area (Å²) in [6, 6.07) is 8.72. The zero-order chi connectivity index (χ0) is 20.1. The SMILES string of the molecule is CC(C)CCC(CNC(=O)N(C(C)C)C(C)C)c1c(Cl)sc2ccccc12. The fraction of sp³-hybridized carbons (Fsp3) is 0.591. The molecule has 0 aliphatic rings. The number of hydrogen-bond donors (Lipinski definition) is 1. The van der Waals surface area contributed by atoms with Gasteiger partial charge in [-0.2, -0.15) is 0 Å². The number of nitrogens with one attached hydrogen (secondary N) is 1. The van der Waals surface area contributed by atoms with Crippen LogP contribution in [0.1, 0.15) is 65.9 Å². The molecular formula is C22H33ClN2OS. The van der Waals surface area contributed by atoms with Crippen LogP contribution in [0.2, 0.25) is 4.34 Å². The summed E-state index contributed by atoms with van der Waals surface area (Å²) in [6.07, 6.45) is 2.13. The Morgan fingerprint density at radius 2 is 1.70 bits per heavy atom. The van der Waals surface area contributed by atoms with Gasteiger partial charge in [-0.25, -0.2) is 4.79 Å². The Hall–Kier alpha value is -1.26. The summed E-state index contributed by atoms with van der Waals surface area (Å²) in [7, 11) is 0. The molecule has 0 fully saturated rings. The highest BCUT2D eigenvalue weighted by Crippen LogP contribution is 2.41. The Morgan fingerprint density at radius 3 is 2.30 bits per heavy atom. The molecule has 3 nitrogen and oxygen atoms in total. The van der Waals surface area contributed by atoms with Crippen molar-refractivity contribution in [3.05, 3.63) is 34.2 Å². The second kappa shape index (κ2) is 9.79. The maximum absolute atomic E-state index is 12.8. The van der Waals surface area contributed by atoms with Crippen LogP contribution < -0.4 is 5.32 Å². The lowest BCUT2D eigenvalue weighted by molar-refractivity contribution is 0.164. The van der Waals surface area contributed by atoms with Gasteiger partial charge in [0, 0.05) is 29.2 Å². The van der Waals surface area contributed by atoms with E-state index in [-0.39, 0.29) is 24.0 Å². The molecule has 5 heteroatoms. The highest BCUT2D eigenvalue weighted by Gasteiger charge is 2.24. The smallest absolute Gasteiger partial charge is 0.317 e. The Kier molecular flexibility index (Phi) is 7.99. The quantitative estimate of drug-likeness (QED) is 0.505. The average Bonchev–Trinajstić information content (AvgIpc) is 2.90. The number of amides is 2. The first kappa shape index (κ1) is 22.0. The summed E-state index contributed by atoms with van der Waals surface area (Å²) >= 11 is 8.29. The largest absolute Gasteiger partial charge is 0.337 e. The number of carbonyl (C=O) groups is 1.